The molecular weight excluding hydrogens is 274 g/mol. The molecule has 22 heavy (non-hydrogen) atoms. The summed E-state index contributed by atoms with van der Waals surface area (Å²) in [5.41, 5.74) is 4.73. The van der Waals surface area contributed by atoms with Gasteiger partial charge in [0.15, 0.2) is 0 Å². The summed E-state index contributed by atoms with van der Waals surface area (Å²) in [7, 11) is 1.79. The molecule has 2 aromatic rings. The topological polar surface area (TPSA) is 46.9 Å². The first kappa shape index (κ1) is 14.8. The molecule has 0 bridgehead atoms. The Morgan fingerprint density at radius 3 is 2.73 bits per heavy atom. The second-order valence-electron chi connectivity index (χ2n) is 6.01. The van der Waals surface area contributed by atoms with Gasteiger partial charge in [-0.15, -0.1) is 0 Å². The van der Waals surface area contributed by atoms with E-state index >= 15 is 0 Å². The Labute approximate surface area is 131 Å². The fourth-order valence-electron chi connectivity index (χ4n) is 3.22. The molecule has 1 aliphatic rings. The van der Waals surface area contributed by atoms with Crippen molar-refractivity contribution < 1.29 is 4.79 Å². The van der Waals surface area contributed by atoms with Gasteiger partial charge < -0.3 is 5.32 Å². The predicted octanol–water partition coefficient (Wildman–Crippen LogP) is 3.18. The number of benzene rings is 1. The van der Waals surface area contributed by atoms with Gasteiger partial charge in [-0.2, -0.15) is 5.10 Å². The molecule has 1 aliphatic carbocycles. The van der Waals surface area contributed by atoms with E-state index in [4.69, 9.17) is 0 Å². The number of nitrogens with zero attached hydrogens (tertiary/aromatic N) is 2. The molecule has 0 aliphatic heterocycles. The second-order valence-corrected chi connectivity index (χ2v) is 6.01. The molecule has 0 saturated heterocycles. The third-order valence-corrected chi connectivity index (χ3v) is 4.54. The zero-order chi connectivity index (χ0) is 15.5. The van der Waals surface area contributed by atoms with Crippen LogP contribution in [-0.4, -0.2) is 15.7 Å². The molecule has 1 atom stereocenters. The Bertz CT molecular complexity index is 675. The van der Waals surface area contributed by atoms with Crippen molar-refractivity contribution >= 4 is 5.91 Å². The minimum atomic E-state index is -0.0652. The SMILES string of the molecule is CCC(NC(=O)c1ccnn1C)c1ccc2c(c1)CCCC2. The molecule has 4 heteroatoms. The maximum atomic E-state index is 12.4. The lowest BCUT2D eigenvalue weighted by atomic mass is 9.89. The van der Waals surface area contributed by atoms with Crippen molar-refractivity contribution in [3.05, 3.63) is 52.8 Å². The Morgan fingerprint density at radius 1 is 1.27 bits per heavy atom. The maximum Gasteiger partial charge on any atom is 0.270 e. The highest BCUT2D eigenvalue weighted by Crippen LogP contribution is 2.26. The molecule has 1 aromatic carbocycles. The van der Waals surface area contributed by atoms with Gasteiger partial charge in [0.2, 0.25) is 0 Å². The molecule has 4 nitrogen and oxygen atoms in total. The highest BCUT2D eigenvalue weighted by atomic mass is 16.2. The maximum absolute atomic E-state index is 12.4. The fourth-order valence-corrected chi connectivity index (χ4v) is 3.22. The van der Waals surface area contributed by atoms with Crippen LogP contribution in [0.25, 0.3) is 0 Å². The van der Waals surface area contributed by atoms with Crippen LogP contribution in [0.4, 0.5) is 0 Å². The Hall–Kier alpha value is -2.10. The third kappa shape index (κ3) is 2.91. The largest absolute Gasteiger partial charge is 0.344 e. The monoisotopic (exact) mass is 297 g/mol. The fraction of sp³-hybridized carbons (Fsp3) is 0.444. The van der Waals surface area contributed by atoms with Crippen LogP contribution in [0.15, 0.2) is 30.5 Å². The van der Waals surface area contributed by atoms with Crippen LogP contribution in [0, 0.1) is 0 Å². The number of amides is 1. The second kappa shape index (κ2) is 6.34. The summed E-state index contributed by atoms with van der Waals surface area (Å²) in [6.07, 6.45) is 7.44. The first-order valence-electron chi connectivity index (χ1n) is 8.09. The van der Waals surface area contributed by atoms with Gasteiger partial charge in [0.25, 0.3) is 5.91 Å². The van der Waals surface area contributed by atoms with Gasteiger partial charge in [-0.25, -0.2) is 0 Å². The number of nitrogens with one attached hydrogen (secondary N) is 1. The summed E-state index contributed by atoms with van der Waals surface area (Å²) >= 11 is 0. The van der Waals surface area contributed by atoms with Gasteiger partial charge in [-0.1, -0.05) is 25.1 Å². The smallest absolute Gasteiger partial charge is 0.270 e. The van der Waals surface area contributed by atoms with E-state index in [-0.39, 0.29) is 11.9 Å². The van der Waals surface area contributed by atoms with Crippen molar-refractivity contribution in [3.8, 4) is 0 Å². The van der Waals surface area contributed by atoms with E-state index in [2.05, 4.69) is 35.5 Å². The van der Waals surface area contributed by atoms with Crippen LogP contribution in [0.2, 0.25) is 0 Å². The van der Waals surface area contributed by atoms with Gasteiger partial charge in [0.1, 0.15) is 5.69 Å². The minimum Gasteiger partial charge on any atom is -0.344 e. The zero-order valence-electron chi connectivity index (χ0n) is 13.3. The normalized spacial score (nSPS) is 15.2. The molecular formula is C18H23N3O. The van der Waals surface area contributed by atoms with Crippen LogP contribution in [-0.2, 0) is 19.9 Å². The highest BCUT2D eigenvalue weighted by Gasteiger charge is 2.18. The van der Waals surface area contributed by atoms with Crippen molar-refractivity contribution in [2.24, 2.45) is 7.05 Å². The average molecular weight is 297 g/mol. The summed E-state index contributed by atoms with van der Waals surface area (Å²) in [5.74, 6) is -0.0652. The van der Waals surface area contributed by atoms with Gasteiger partial charge in [0.05, 0.1) is 6.04 Å². The Morgan fingerprint density at radius 2 is 2.05 bits per heavy atom. The summed E-state index contributed by atoms with van der Waals surface area (Å²) < 4.78 is 1.61. The van der Waals surface area contributed by atoms with E-state index in [0.717, 1.165) is 12.8 Å². The standard InChI is InChI=1S/C18H23N3O/c1-3-16(20-18(22)17-10-11-19-21(17)2)15-9-8-13-6-4-5-7-14(13)12-15/h8-12,16H,3-7H2,1-2H3,(H,20,22). The van der Waals surface area contributed by atoms with Crippen molar-refractivity contribution in [2.75, 3.05) is 0 Å². The summed E-state index contributed by atoms with van der Waals surface area (Å²) in [5, 5.41) is 7.19. The molecule has 1 amide bonds. The predicted molar refractivity (Wildman–Crippen MR) is 86.8 cm³/mol. The van der Waals surface area contributed by atoms with Crippen molar-refractivity contribution in [3.63, 3.8) is 0 Å². The molecule has 1 aromatic heterocycles. The number of carbonyl (C=O) groups is 1. The molecule has 0 radical (unpaired) electrons. The van der Waals surface area contributed by atoms with Crippen LogP contribution in [0.1, 0.15) is 59.4 Å². The third-order valence-electron chi connectivity index (χ3n) is 4.54. The molecule has 1 unspecified atom stereocenters. The van der Waals surface area contributed by atoms with Crippen molar-refractivity contribution in [2.45, 2.75) is 45.1 Å². The average Bonchev–Trinajstić information content (AvgIpc) is 2.98. The first-order valence-corrected chi connectivity index (χ1v) is 8.09. The molecule has 3 rings (SSSR count). The number of hydrogen-bond acceptors (Lipinski definition) is 2. The van der Waals surface area contributed by atoms with Crippen LogP contribution < -0.4 is 5.32 Å². The van der Waals surface area contributed by atoms with Crippen LogP contribution in [0.3, 0.4) is 0 Å². The molecule has 0 spiro atoms. The van der Waals surface area contributed by atoms with Gasteiger partial charge >= 0.3 is 0 Å². The number of hydrogen-bond donors (Lipinski definition) is 1. The summed E-state index contributed by atoms with van der Waals surface area (Å²) in [6, 6.07) is 8.49. The van der Waals surface area contributed by atoms with E-state index in [9.17, 15) is 4.79 Å². The van der Waals surface area contributed by atoms with Crippen molar-refractivity contribution in [1.82, 2.24) is 15.1 Å². The number of aryl methyl sites for hydroxylation is 3. The van der Waals surface area contributed by atoms with Gasteiger partial charge in [0, 0.05) is 13.2 Å². The molecule has 1 heterocycles. The van der Waals surface area contributed by atoms with E-state index in [1.54, 1.807) is 24.0 Å². The zero-order valence-corrected chi connectivity index (χ0v) is 13.3. The number of aromatic nitrogens is 2. The van der Waals surface area contributed by atoms with E-state index in [1.807, 2.05) is 0 Å². The van der Waals surface area contributed by atoms with Crippen LogP contribution in [0.5, 0.6) is 0 Å². The quantitative estimate of drug-likeness (QED) is 0.942. The highest BCUT2D eigenvalue weighted by molar-refractivity contribution is 5.92. The van der Waals surface area contributed by atoms with Crippen LogP contribution >= 0.6 is 0 Å². The molecule has 116 valence electrons. The summed E-state index contributed by atoms with van der Waals surface area (Å²) in [6.45, 7) is 2.10. The first-order chi connectivity index (χ1) is 10.7. The van der Waals surface area contributed by atoms with Crippen molar-refractivity contribution in [1.29, 1.82) is 0 Å². The lowest BCUT2D eigenvalue weighted by Gasteiger charge is -2.21. The van der Waals surface area contributed by atoms with Gasteiger partial charge in [-0.05, 0) is 54.9 Å². The number of fused-ring (bicyclic) bond motifs is 1. The lowest BCUT2D eigenvalue weighted by Crippen LogP contribution is -2.30. The Kier molecular flexibility index (Phi) is 4.27. The van der Waals surface area contributed by atoms with E-state index in [0.29, 0.717) is 5.69 Å². The summed E-state index contributed by atoms with van der Waals surface area (Å²) in [4.78, 5) is 12.4. The van der Waals surface area contributed by atoms with E-state index in [1.165, 1.54) is 36.0 Å². The molecule has 0 saturated carbocycles. The number of rotatable bonds is 4. The van der Waals surface area contributed by atoms with Gasteiger partial charge in [-0.3, -0.25) is 9.48 Å². The molecule has 0 fully saturated rings. The lowest BCUT2D eigenvalue weighted by molar-refractivity contribution is 0.0926. The molecule has 1 N–H and O–H groups in total. The minimum absolute atomic E-state index is 0.0506. The number of carbonyl (C=O) groups excluding carboxylic acids is 1. The van der Waals surface area contributed by atoms with E-state index < -0.39 is 0 Å². The Balaban J connectivity index is 1.79.